The summed E-state index contributed by atoms with van der Waals surface area (Å²) in [6, 6.07) is 5.15. The summed E-state index contributed by atoms with van der Waals surface area (Å²) in [7, 11) is 0. The van der Waals surface area contributed by atoms with Crippen molar-refractivity contribution in [2.24, 2.45) is 0 Å². The minimum Gasteiger partial charge on any atom is -0.384 e. The van der Waals surface area contributed by atoms with E-state index in [1.807, 2.05) is 0 Å². The molecule has 0 aromatic heterocycles. The van der Waals surface area contributed by atoms with Crippen LogP contribution in [0.25, 0.3) is 0 Å². The molecule has 0 radical (unpaired) electrons. The number of hydrogen-bond donors (Lipinski definition) is 1. The molecule has 0 aliphatic carbocycles. The monoisotopic (exact) mass is 270 g/mol. The highest BCUT2D eigenvalue weighted by molar-refractivity contribution is 5.33. The average molecular weight is 270 g/mol. The Morgan fingerprint density at radius 3 is 1.89 bits per heavy atom. The van der Waals surface area contributed by atoms with E-state index >= 15 is 0 Å². The number of benzene rings is 2. The number of aliphatic hydroxyl groups excluding tert-OH is 1. The Hall–Kier alpha value is -1.88. The van der Waals surface area contributed by atoms with E-state index in [1.165, 1.54) is 12.1 Å². The van der Waals surface area contributed by atoms with Crippen LogP contribution in [0.3, 0.4) is 0 Å². The quantitative estimate of drug-likeness (QED) is 0.652. The van der Waals surface area contributed by atoms with Crippen molar-refractivity contribution in [3.8, 4) is 0 Å². The van der Waals surface area contributed by atoms with Gasteiger partial charge in [-0.25, -0.2) is 17.6 Å². The van der Waals surface area contributed by atoms with Gasteiger partial charge in [0, 0.05) is 0 Å². The Morgan fingerprint density at radius 2 is 1.37 bits per heavy atom. The van der Waals surface area contributed by atoms with Gasteiger partial charge in [0.25, 0.3) is 0 Å². The van der Waals surface area contributed by atoms with Gasteiger partial charge in [0.05, 0.1) is 0 Å². The van der Waals surface area contributed by atoms with Gasteiger partial charge in [-0.2, -0.15) is 0 Å². The molecule has 0 fully saturated rings. The maximum absolute atomic E-state index is 13.2. The lowest BCUT2D eigenvalue weighted by Gasteiger charge is -2.13. The first-order chi connectivity index (χ1) is 8.88. The van der Waals surface area contributed by atoms with Crippen LogP contribution in [-0.4, -0.2) is 5.11 Å². The largest absolute Gasteiger partial charge is 0.384 e. The molecule has 0 aliphatic rings. The van der Waals surface area contributed by atoms with E-state index < -0.39 is 29.4 Å². The van der Waals surface area contributed by atoms with Crippen molar-refractivity contribution in [3.05, 3.63) is 70.3 Å². The first-order valence-electron chi connectivity index (χ1n) is 5.48. The number of rotatable bonds is 2. The van der Waals surface area contributed by atoms with Crippen molar-refractivity contribution in [2.75, 3.05) is 0 Å². The molecule has 0 saturated heterocycles. The predicted octanol–water partition coefficient (Wildman–Crippen LogP) is 3.63. The molecule has 1 N–H and O–H groups in total. The molecule has 0 spiro atoms. The third-order valence-electron chi connectivity index (χ3n) is 2.70. The van der Waals surface area contributed by atoms with Crippen LogP contribution in [0.5, 0.6) is 0 Å². The minimum absolute atomic E-state index is 0.142. The molecular formula is C14H10F4O. The lowest BCUT2D eigenvalue weighted by atomic mass is 9.99. The molecule has 0 bridgehead atoms. The van der Waals surface area contributed by atoms with Gasteiger partial charge in [0.15, 0.2) is 17.5 Å². The highest BCUT2D eigenvalue weighted by Gasteiger charge is 2.17. The number of halogens is 4. The zero-order valence-corrected chi connectivity index (χ0v) is 9.92. The Kier molecular flexibility index (Phi) is 3.57. The van der Waals surface area contributed by atoms with Gasteiger partial charge in [-0.3, -0.25) is 0 Å². The molecule has 0 aliphatic heterocycles. The summed E-state index contributed by atoms with van der Waals surface area (Å²) in [5.41, 5.74) is 0.515. The van der Waals surface area contributed by atoms with E-state index in [1.54, 1.807) is 6.92 Å². The van der Waals surface area contributed by atoms with E-state index in [4.69, 9.17) is 0 Å². The van der Waals surface area contributed by atoms with Crippen LogP contribution in [0.15, 0.2) is 30.3 Å². The maximum Gasteiger partial charge on any atom is 0.194 e. The molecule has 100 valence electrons. The van der Waals surface area contributed by atoms with Crippen LogP contribution in [0.2, 0.25) is 0 Å². The number of hydrogen-bond acceptors (Lipinski definition) is 1. The van der Waals surface area contributed by atoms with Crippen LogP contribution < -0.4 is 0 Å². The van der Waals surface area contributed by atoms with Crippen LogP contribution in [0.4, 0.5) is 17.6 Å². The van der Waals surface area contributed by atoms with E-state index in [0.717, 1.165) is 6.07 Å². The zero-order chi connectivity index (χ0) is 14.2. The van der Waals surface area contributed by atoms with E-state index in [9.17, 15) is 22.7 Å². The van der Waals surface area contributed by atoms with Gasteiger partial charge in [-0.1, -0.05) is 6.07 Å². The Bertz CT molecular complexity index is 582. The highest BCUT2D eigenvalue weighted by Crippen LogP contribution is 2.26. The van der Waals surface area contributed by atoms with Gasteiger partial charge in [0.2, 0.25) is 0 Å². The van der Waals surface area contributed by atoms with E-state index in [-0.39, 0.29) is 11.1 Å². The maximum atomic E-state index is 13.2. The van der Waals surface area contributed by atoms with Crippen LogP contribution in [-0.2, 0) is 0 Å². The van der Waals surface area contributed by atoms with E-state index in [2.05, 4.69) is 0 Å². The highest BCUT2D eigenvalue weighted by atomic mass is 19.2. The van der Waals surface area contributed by atoms with Gasteiger partial charge in [-0.05, 0) is 47.9 Å². The molecule has 2 rings (SSSR count). The Morgan fingerprint density at radius 1 is 0.842 bits per heavy atom. The third-order valence-corrected chi connectivity index (χ3v) is 2.70. The van der Waals surface area contributed by atoms with Crippen molar-refractivity contribution < 1.29 is 22.7 Å². The van der Waals surface area contributed by atoms with Crippen molar-refractivity contribution in [2.45, 2.75) is 13.0 Å². The van der Waals surface area contributed by atoms with Crippen molar-refractivity contribution in [1.82, 2.24) is 0 Å². The molecule has 0 heterocycles. The standard InChI is InChI=1S/C14H10F4O/c1-7-2-8(4-10(15)3-7)14(19)9-5-11(16)13(18)12(17)6-9/h2-6,14,19H,1H3. The molecule has 1 nitrogen and oxygen atoms in total. The third kappa shape index (κ3) is 2.76. The second-order valence-electron chi connectivity index (χ2n) is 4.26. The van der Waals surface area contributed by atoms with Gasteiger partial charge < -0.3 is 5.11 Å². The Labute approximate surface area is 107 Å². The topological polar surface area (TPSA) is 20.2 Å². The second kappa shape index (κ2) is 5.01. The average Bonchev–Trinajstić information content (AvgIpc) is 2.33. The fraction of sp³-hybridized carbons (Fsp3) is 0.143. The molecule has 5 heteroatoms. The first kappa shape index (κ1) is 13.5. The smallest absolute Gasteiger partial charge is 0.194 e. The molecule has 1 atom stereocenters. The number of aryl methyl sites for hydroxylation is 1. The zero-order valence-electron chi connectivity index (χ0n) is 9.92. The fourth-order valence-corrected chi connectivity index (χ4v) is 1.85. The van der Waals surface area contributed by atoms with Crippen LogP contribution in [0.1, 0.15) is 22.8 Å². The van der Waals surface area contributed by atoms with Crippen LogP contribution in [0, 0.1) is 30.2 Å². The van der Waals surface area contributed by atoms with Crippen LogP contribution >= 0.6 is 0 Å². The van der Waals surface area contributed by atoms with Crippen molar-refractivity contribution in [1.29, 1.82) is 0 Å². The molecule has 0 saturated carbocycles. The molecule has 19 heavy (non-hydrogen) atoms. The summed E-state index contributed by atoms with van der Waals surface area (Å²) in [6.07, 6.45) is -1.43. The first-order valence-corrected chi connectivity index (χ1v) is 5.48. The molecule has 1 unspecified atom stereocenters. The second-order valence-corrected chi connectivity index (χ2v) is 4.26. The number of aliphatic hydroxyl groups is 1. The lowest BCUT2D eigenvalue weighted by molar-refractivity contribution is 0.218. The summed E-state index contributed by atoms with van der Waals surface area (Å²) < 4.78 is 52.2. The lowest BCUT2D eigenvalue weighted by Crippen LogP contribution is -2.04. The minimum atomic E-state index is -1.61. The SMILES string of the molecule is Cc1cc(F)cc(C(O)c2cc(F)c(F)c(F)c2)c1. The van der Waals surface area contributed by atoms with E-state index in [0.29, 0.717) is 17.7 Å². The summed E-state index contributed by atoms with van der Waals surface area (Å²) in [4.78, 5) is 0. The Balaban J connectivity index is 2.46. The fourth-order valence-electron chi connectivity index (χ4n) is 1.85. The predicted molar refractivity (Wildman–Crippen MR) is 61.5 cm³/mol. The summed E-state index contributed by atoms with van der Waals surface area (Å²) in [5.74, 6) is -4.98. The molecular weight excluding hydrogens is 260 g/mol. The molecule has 2 aromatic carbocycles. The van der Waals surface area contributed by atoms with Gasteiger partial charge in [-0.15, -0.1) is 0 Å². The molecule has 0 amide bonds. The summed E-state index contributed by atoms with van der Waals surface area (Å²) in [5, 5.41) is 9.96. The molecule has 2 aromatic rings. The van der Waals surface area contributed by atoms with Crippen molar-refractivity contribution >= 4 is 0 Å². The summed E-state index contributed by atoms with van der Waals surface area (Å²) in [6.45, 7) is 1.62. The van der Waals surface area contributed by atoms with Gasteiger partial charge >= 0.3 is 0 Å². The summed E-state index contributed by atoms with van der Waals surface area (Å²) >= 11 is 0. The van der Waals surface area contributed by atoms with Crippen molar-refractivity contribution in [3.63, 3.8) is 0 Å². The normalized spacial score (nSPS) is 12.5. The van der Waals surface area contributed by atoms with Gasteiger partial charge in [0.1, 0.15) is 11.9 Å².